The lowest BCUT2D eigenvalue weighted by molar-refractivity contribution is 0.153. The van der Waals surface area contributed by atoms with Gasteiger partial charge in [-0.15, -0.1) is 0 Å². The van der Waals surface area contributed by atoms with Crippen LogP contribution in [0.15, 0.2) is 12.1 Å². The van der Waals surface area contributed by atoms with Crippen LogP contribution in [0.25, 0.3) is 0 Å². The molecule has 0 saturated heterocycles. The zero-order chi connectivity index (χ0) is 14.0. The van der Waals surface area contributed by atoms with Crippen molar-refractivity contribution >= 4 is 0 Å². The summed E-state index contributed by atoms with van der Waals surface area (Å²) < 4.78 is 2.23. The van der Waals surface area contributed by atoms with Crippen LogP contribution in [-0.4, -0.2) is 11.2 Å². The molecule has 2 heteroatoms. The van der Waals surface area contributed by atoms with E-state index in [2.05, 4.69) is 56.9 Å². The fourth-order valence-electron chi connectivity index (χ4n) is 3.37. The molecule has 0 radical (unpaired) electrons. The van der Waals surface area contributed by atoms with Gasteiger partial charge in [0, 0.05) is 17.9 Å². The molecule has 1 aromatic rings. The third-order valence-electron chi connectivity index (χ3n) is 4.88. The van der Waals surface area contributed by atoms with E-state index in [1.54, 1.807) is 0 Å². The van der Waals surface area contributed by atoms with E-state index in [-0.39, 0.29) is 0 Å². The Morgan fingerprint density at radius 3 is 2.05 bits per heavy atom. The van der Waals surface area contributed by atoms with Gasteiger partial charge in [0.05, 0.1) is 0 Å². The molecule has 0 aromatic carbocycles. The number of aromatic nitrogens is 1. The maximum absolute atomic E-state index is 3.60. The van der Waals surface area contributed by atoms with E-state index < -0.39 is 0 Å². The molecule has 0 unspecified atom stereocenters. The Labute approximate surface area is 118 Å². The Morgan fingerprint density at radius 2 is 1.58 bits per heavy atom. The molecular weight excluding hydrogens is 232 g/mol. The number of aryl methyl sites for hydroxylation is 2. The molecule has 2 rings (SSSR count). The van der Waals surface area contributed by atoms with Gasteiger partial charge in [0.1, 0.15) is 0 Å². The van der Waals surface area contributed by atoms with Crippen LogP contribution < -0.4 is 5.43 Å². The van der Waals surface area contributed by atoms with Crippen molar-refractivity contribution in [2.24, 2.45) is 17.3 Å². The standard InChI is InChI=1S/C17H30N2/c1-13-6-7-14(2)19(13)18-12-15-8-10-16(11-9-15)17(3,4)5/h6-7,15-16,18H,8-12H2,1-5H3. The SMILES string of the molecule is Cc1ccc(C)n1NCC1CCC(C(C)(C)C)CC1. The lowest BCUT2D eigenvalue weighted by atomic mass is 9.70. The van der Waals surface area contributed by atoms with E-state index in [4.69, 9.17) is 0 Å². The molecule has 108 valence electrons. The largest absolute Gasteiger partial charge is 0.326 e. The van der Waals surface area contributed by atoms with Gasteiger partial charge in [-0.2, -0.15) is 0 Å². The van der Waals surface area contributed by atoms with Crippen LogP contribution in [0.5, 0.6) is 0 Å². The van der Waals surface area contributed by atoms with Gasteiger partial charge in [0.2, 0.25) is 0 Å². The van der Waals surface area contributed by atoms with Crippen molar-refractivity contribution in [3.8, 4) is 0 Å². The summed E-state index contributed by atoms with van der Waals surface area (Å²) in [6.45, 7) is 12.6. The number of hydrogen-bond donors (Lipinski definition) is 1. The van der Waals surface area contributed by atoms with Crippen molar-refractivity contribution in [1.29, 1.82) is 0 Å². The minimum Gasteiger partial charge on any atom is -0.326 e. The van der Waals surface area contributed by atoms with E-state index >= 15 is 0 Å². The van der Waals surface area contributed by atoms with E-state index in [1.165, 1.54) is 37.1 Å². The Bertz CT molecular complexity index is 384. The molecule has 0 aliphatic heterocycles. The molecule has 1 aliphatic rings. The van der Waals surface area contributed by atoms with Crippen molar-refractivity contribution in [2.45, 2.75) is 60.3 Å². The molecule has 1 heterocycles. The second-order valence-corrected chi connectivity index (χ2v) is 7.40. The summed E-state index contributed by atoms with van der Waals surface area (Å²) in [5.41, 5.74) is 6.71. The first-order valence-electron chi connectivity index (χ1n) is 7.76. The predicted octanol–water partition coefficient (Wildman–Crippen LogP) is 4.50. The average Bonchev–Trinajstić information content (AvgIpc) is 2.66. The van der Waals surface area contributed by atoms with Crippen molar-refractivity contribution in [2.75, 3.05) is 12.0 Å². The summed E-state index contributed by atoms with van der Waals surface area (Å²) >= 11 is 0. The van der Waals surface area contributed by atoms with Crippen LogP contribution in [0, 0.1) is 31.1 Å². The minimum absolute atomic E-state index is 0.492. The number of rotatable bonds is 3. The van der Waals surface area contributed by atoms with Gasteiger partial charge in [-0.25, -0.2) is 0 Å². The second kappa shape index (κ2) is 5.60. The zero-order valence-electron chi connectivity index (χ0n) is 13.3. The number of nitrogens with zero attached hydrogens (tertiary/aromatic N) is 1. The molecule has 1 saturated carbocycles. The summed E-state index contributed by atoms with van der Waals surface area (Å²) in [6, 6.07) is 4.36. The minimum atomic E-state index is 0.492. The van der Waals surface area contributed by atoms with Crippen molar-refractivity contribution in [3.63, 3.8) is 0 Å². The van der Waals surface area contributed by atoms with Crippen LogP contribution in [-0.2, 0) is 0 Å². The molecule has 0 amide bonds. The van der Waals surface area contributed by atoms with Crippen LogP contribution in [0.3, 0.4) is 0 Å². The average molecular weight is 262 g/mol. The topological polar surface area (TPSA) is 17.0 Å². The maximum atomic E-state index is 3.60. The molecule has 1 fully saturated rings. The molecule has 0 atom stereocenters. The molecule has 1 N–H and O–H groups in total. The summed E-state index contributed by atoms with van der Waals surface area (Å²) in [4.78, 5) is 0. The van der Waals surface area contributed by atoms with Crippen LogP contribution in [0.1, 0.15) is 57.8 Å². The van der Waals surface area contributed by atoms with E-state index in [0.29, 0.717) is 5.41 Å². The normalized spacial score (nSPS) is 24.5. The van der Waals surface area contributed by atoms with Gasteiger partial charge in [-0.05, 0) is 68.9 Å². The third kappa shape index (κ3) is 3.55. The van der Waals surface area contributed by atoms with Crippen molar-refractivity contribution < 1.29 is 0 Å². The lowest BCUT2D eigenvalue weighted by Crippen LogP contribution is -2.30. The first kappa shape index (κ1) is 14.5. The highest BCUT2D eigenvalue weighted by Crippen LogP contribution is 2.39. The quantitative estimate of drug-likeness (QED) is 0.848. The summed E-state index contributed by atoms with van der Waals surface area (Å²) in [7, 11) is 0. The summed E-state index contributed by atoms with van der Waals surface area (Å²) in [6.07, 6.45) is 5.57. The highest BCUT2D eigenvalue weighted by Gasteiger charge is 2.29. The molecule has 0 spiro atoms. The monoisotopic (exact) mass is 262 g/mol. The Hall–Kier alpha value is -0.920. The Balaban J connectivity index is 1.81. The number of nitrogens with one attached hydrogen (secondary N) is 1. The summed E-state index contributed by atoms with van der Waals surface area (Å²) in [5, 5.41) is 0. The Kier molecular flexibility index (Phi) is 4.27. The van der Waals surface area contributed by atoms with Gasteiger partial charge in [0.15, 0.2) is 0 Å². The maximum Gasteiger partial charge on any atom is 0.0366 e. The van der Waals surface area contributed by atoms with Gasteiger partial charge in [-0.1, -0.05) is 20.8 Å². The fourth-order valence-corrected chi connectivity index (χ4v) is 3.37. The summed E-state index contributed by atoms with van der Waals surface area (Å²) in [5.74, 6) is 1.76. The fraction of sp³-hybridized carbons (Fsp3) is 0.765. The third-order valence-corrected chi connectivity index (χ3v) is 4.88. The molecular formula is C17H30N2. The molecule has 19 heavy (non-hydrogen) atoms. The molecule has 1 aliphatic carbocycles. The van der Waals surface area contributed by atoms with Crippen molar-refractivity contribution in [3.05, 3.63) is 23.5 Å². The predicted molar refractivity (Wildman–Crippen MR) is 83.0 cm³/mol. The van der Waals surface area contributed by atoms with E-state index in [0.717, 1.165) is 18.4 Å². The van der Waals surface area contributed by atoms with Gasteiger partial charge in [-0.3, -0.25) is 4.68 Å². The molecule has 1 aromatic heterocycles. The number of hydrogen-bond acceptors (Lipinski definition) is 1. The first-order chi connectivity index (χ1) is 8.88. The van der Waals surface area contributed by atoms with E-state index in [9.17, 15) is 0 Å². The highest BCUT2D eigenvalue weighted by molar-refractivity contribution is 5.15. The van der Waals surface area contributed by atoms with Gasteiger partial charge < -0.3 is 5.43 Å². The lowest BCUT2D eigenvalue weighted by Gasteiger charge is -2.37. The van der Waals surface area contributed by atoms with Crippen LogP contribution in [0.4, 0.5) is 0 Å². The first-order valence-corrected chi connectivity index (χ1v) is 7.76. The van der Waals surface area contributed by atoms with E-state index in [1.807, 2.05) is 0 Å². The van der Waals surface area contributed by atoms with Crippen LogP contribution in [0.2, 0.25) is 0 Å². The highest BCUT2D eigenvalue weighted by atomic mass is 15.4. The molecule has 2 nitrogen and oxygen atoms in total. The second-order valence-electron chi connectivity index (χ2n) is 7.40. The van der Waals surface area contributed by atoms with Gasteiger partial charge in [0.25, 0.3) is 0 Å². The Morgan fingerprint density at radius 1 is 1.05 bits per heavy atom. The smallest absolute Gasteiger partial charge is 0.0366 e. The van der Waals surface area contributed by atoms with Crippen LogP contribution >= 0.6 is 0 Å². The van der Waals surface area contributed by atoms with Crippen molar-refractivity contribution in [1.82, 2.24) is 4.68 Å². The van der Waals surface area contributed by atoms with Gasteiger partial charge >= 0.3 is 0 Å². The molecule has 0 bridgehead atoms. The zero-order valence-corrected chi connectivity index (χ0v) is 13.3.